The van der Waals surface area contributed by atoms with Gasteiger partial charge in [0.15, 0.2) is 9.84 Å². The molecule has 0 aliphatic rings. The van der Waals surface area contributed by atoms with Crippen LogP contribution >= 0.6 is 0 Å². The topological polar surface area (TPSA) is 88.5 Å². The van der Waals surface area contributed by atoms with Crippen LogP contribution < -0.4 is 0 Å². The number of hydrogen-bond acceptors (Lipinski definition) is 5. The van der Waals surface area contributed by atoms with E-state index < -0.39 is 32.0 Å². The van der Waals surface area contributed by atoms with E-state index in [2.05, 4.69) is 0 Å². The van der Waals surface area contributed by atoms with E-state index in [0.717, 1.165) is 11.6 Å². The van der Waals surface area contributed by atoms with Gasteiger partial charge in [0.1, 0.15) is 0 Å². The lowest BCUT2D eigenvalue weighted by Crippen LogP contribution is -2.16. The SMILES string of the molecule is Cc1ccc(S(=O)(=O)CC(=CCO)S(=O)(=O)c2ccccc2)cc1. The molecule has 2 aromatic rings. The summed E-state index contributed by atoms with van der Waals surface area (Å²) in [5.74, 6) is -0.701. The molecule has 7 heteroatoms. The number of aliphatic hydroxyl groups is 1. The molecule has 2 aromatic carbocycles. The maximum atomic E-state index is 12.6. The summed E-state index contributed by atoms with van der Waals surface area (Å²) in [5, 5.41) is 9.12. The van der Waals surface area contributed by atoms with Crippen molar-refractivity contribution in [3.63, 3.8) is 0 Å². The van der Waals surface area contributed by atoms with Crippen molar-refractivity contribution in [3.8, 4) is 0 Å². The van der Waals surface area contributed by atoms with Crippen LogP contribution in [0.5, 0.6) is 0 Å². The third kappa shape index (κ3) is 4.11. The van der Waals surface area contributed by atoms with E-state index in [1.165, 1.54) is 24.3 Å². The van der Waals surface area contributed by atoms with Crippen LogP contribution in [-0.2, 0) is 19.7 Å². The molecule has 0 saturated heterocycles. The Hall–Kier alpha value is -1.96. The van der Waals surface area contributed by atoms with Crippen LogP contribution in [-0.4, -0.2) is 34.3 Å². The van der Waals surface area contributed by atoms with Crippen LogP contribution in [0.25, 0.3) is 0 Å². The van der Waals surface area contributed by atoms with E-state index in [1.807, 2.05) is 6.92 Å². The second-order valence-corrected chi connectivity index (χ2v) is 9.23. The molecule has 0 saturated carbocycles. The average molecular weight is 366 g/mol. The highest BCUT2D eigenvalue weighted by Gasteiger charge is 2.26. The highest BCUT2D eigenvalue weighted by Crippen LogP contribution is 2.23. The molecule has 0 fully saturated rings. The van der Waals surface area contributed by atoms with Crippen LogP contribution in [0.3, 0.4) is 0 Å². The lowest BCUT2D eigenvalue weighted by molar-refractivity contribution is 0.342. The van der Waals surface area contributed by atoms with E-state index in [1.54, 1.807) is 30.3 Å². The number of hydrogen-bond donors (Lipinski definition) is 1. The largest absolute Gasteiger partial charge is 0.392 e. The molecule has 0 radical (unpaired) electrons. The molecule has 0 unspecified atom stereocenters. The quantitative estimate of drug-likeness (QED) is 0.846. The first kappa shape index (κ1) is 18.4. The van der Waals surface area contributed by atoms with Crippen molar-refractivity contribution < 1.29 is 21.9 Å². The summed E-state index contributed by atoms with van der Waals surface area (Å²) in [6.07, 6.45) is 1.02. The predicted octanol–water partition coefficient (Wildman–Crippen LogP) is 2.12. The van der Waals surface area contributed by atoms with Gasteiger partial charge < -0.3 is 5.11 Å². The maximum Gasteiger partial charge on any atom is 0.203 e. The second kappa shape index (κ2) is 7.29. The van der Waals surface area contributed by atoms with Crippen LogP contribution in [0.15, 0.2) is 75.4 Å². The summed E-state index contributed by atoms with van der Waals surface area (Å²) in [4.78, 5) is -0.305. The van der Waals surface area contributed by atoms with Crippen molar-refractivity contribution in [2.45, 2.75) is 16.7 Å². The molecule has 0 amide bonds. The molecule has 0 aliphatic carbocycles. The smallest absolute Gasteiger partial charge is 0.203 e. The fourth-order valence-corrected chi connectivity index (χ4v) is 5.52. The third-order valence-electron chi connectivity index (χ3n) is 3.43. The first-order valence-electron chi connectivity index (χ1n) is 7.17. The Balaban J connectivity index is 2.43. The molecule has 0 aromatic heterocycles. The van der Waals surface area contributed by atoms with Crippen molar-refractivity contribution in [2.75, 3.05) is 12.4 Å². The van der Waals surface area contributed by atoms with Gasteiger partial charge in [-0.25, -0.2) is 16.8 Å². The van der Waals surface area contributed by atoms with Gasteiger partial charge in [-0.05, 0) is 37.3 Å². The number of sulfone groups is 2. The lowest BCUT2D eigenvalue weighted by atomic mass is 10.2. The third-order valence-corrected chi connectivity index (χ3v) is 7.19. The van der Waals surface area contributed by atoms with Gasteiger partial charge in [-0.1, -0.05) is 35.9 Å². The molecule has 0 atom stereocenters. The highest BCUT2D eigenvalue weighted by atomic mass is 32.2. The number of rotatable bonds is 6. The zero-order chi connectivity index (χ0) is 17.8. The minimum absolute atomic E-state index is 0.0104. The highest BCUT2D eigenvalue weighted by molar-refractivity contribution is 7.98. The molecule has 5 nitrogen and oxygen atoms in total. The van der Waals surface area contributed by atoms with Gasteiger partial charge >= 0.3 is 0 Å². The van der Waals surface area contributed by atoms with Gasteiger partial charge in [-0.2, -0.15) is 0 Å². The Kier molecular flexibility index (Phi) is 5.58. The first-order valence-corrected chi connectivity index (χ1v) is 10.3. The van der Waals surface area contributed by atoms with Crippen LogP contribution in [0, 0.1) is 6.92 Å². The van der Waals surface area contributed by atoms with Crippen LogP contribution in [0.4, 0.5) is 0 Å². The summed E-state index contributed by atoms with van der Waals surface area (Å²) in [6, 6.07) is 13.7. The number of aryl methyl sites for hydroxylation is 1. The van der Waals surface area contributed by atoms with E-state index in [-0.39, 0.29) is 14.7 Å². The molecule has 2 rings (SSSR count). The zero-order valence-electron chi connectivity index (χ0n) is 13.1. The summed E-state index contributed by atoms with van der Waals surface area (Å²) < 4.78 is 50.3. The molecule has 1 N–H and O–H groups in total. The predicted molar refractivity (Wildman–Crippen MR) is 92.0 cm³/mol. The Bertz CT molecular complexity index is 926. The van der Waals surface area contributed by atoms with Gasteiger partial charge in [0.05, 0.1) is 27.1 Å². The minimum atomic E-state index is -3.99. The van der Waals surface area contributed by atoms with E-state index in [4.69, 9.17) is 5.11 Å². The molecular formula is C17H18O5S2. The van der Waals surface area contributed by atoms with Crippen LogP contribution in [0.2, 0.25) is 0 Å². The Morgan fingerprint density at radius 2 is 1.50 bits per heavy atom. The van der Waals surface area contributed by atoms with Gasteiger partial charge in [0.2, 0.25) is 9.84 Å². The molecule has 0 spiro atoms. The van der Waals surface area contributed by atoms with Crippen LogP contribution in [0.1, 0.15) is 5.56 Å². The number of aliphatic hydroxyl groups excluding tert-OH is 1. The van der Waals surface area contributed by atoms with E-state index >= 15 is 0 Å². The van der Waals surface area contributed by atoms with Gasteiger partial charge in [0, 0.05) is 0 Å². The Labute approximate surface area is 142 Å². The van der Waals surface area contributed by atoms with E-state index in [0.29, 0.717) is 0 Å². The second-order valence-electron chi connectivity index (χ2n) is 5.24. The summed E-state index contributed by atoms with van der Waals surface area (Å²) in [6.45, 7) is 1.26. The summed E-state index contributed by atoms with van der Waals surface area (Å²) >= 11 is 0. The van der Waals surface area contributed by atoms with Gasteiger partial charge in [0.25, 0.3) is 0 Å². The average Bonchev–Trinajstić information content (AvgIpc) is 2.55. The van der Waals surface area contributed by atoms with Gasteiger partial charge in [-0.15, -0.1) is 0 Å². The normalized spacial score (nSPS) is 13.0. The molecule has 24 heavy (non-hydrogen) atoms. The van der Waals surface area contributed by atoms with Crippen molar-refractivity contribution in [3.05, 3.63) is 71.1 Å². The standard InChI is InChI=1S/C17H18O5S2/c1-14-7-9-15(10-8-14)23(19,20)13-17(11-12-18)24(21,22)16-5-3-2-4-6-16/h2-11,18H,12-13H2,1H3. The molecule has 0 aliphatic heterocycles. The fraction of sp³-hybridized carbons (Fsp3) is 0.176. The molecule has 0 heterocycles. The van der Waals surface area contributed by atoms with Gasteiger partial charge in [-0.3, -0.25) is 0 Å². The van der Waals surface area contributed by atoms with Crippen molar-refractivity contribution in [1.82, 2.24) is 0 Å². The summed E-state index contributed by atoms with van der Waals surface area (Å²) in [7, 11) is -7.84. The molecule has 128 valence electrons. The Morgan fingerprint density at radius 3 is 2.04 bits per heavy atom. The minimum Gasteiger partial charge on any atom is -0.392 e. The fourth-order valence-electron chi connectivity index (χ4n) is 2.12. The molecular weight excluding hydrogens is 348 g/mol. The monoisotopic (exact) mass is 366 g/mol. The molecule has 0 bridgehead atoms. The lowest BCUT2D eigenvalue weighted by Gasteiger charge is -2.10. The number of benzene rings is 2. The zero-order valence-corrected chi connectivity index (χ0v) is 14.7. The van der Waals surface area contributed by atoms with E-state index in [9.17, 15) is 16.8 Å². The first-order chi connectivity index (χ1) is 11.3. The van der Waals surface area contributed by atoms with Crippen molar-refractivity contribution in [2.24, 2.45) is 0 Å². The Morgan fingerprint density at radius 1 is 0.917 bits per heavy atom. The van der Waals surface area contributed by atoms with Crippen molar-refractivity contribution >= 4 is 19.7 Å². The summed E-state index contributed by atoms with van der Waals surface area (Å²) in [5.41, 5.74) is 0.900. The van der Waals surface area contributed by atoms with Crippen molar-refractivity contribution in [1.29, 1.82) is 0 Å². The maximum absolute atomic E-state index is 12.6.